The summed E-state index contributed by atoms with van der Waals surface area (Å²) in [5, 5.41) is 12.6. The first-order valence-corrected chi connectivity index (χ1v) is 8.08. The smallest absolute Gasteiger partial charge is 0.234 e. The second kappa shape index (κ2) is 8.63. The number of nitrogens with zero attached hydrogens (tertiary/aromatic N) is 1. The molecule has 0 radical (unpaired) electrons. The van der Waals surface area contributed by atoms with Crippen LogP contribution in [0, 0.1) is 11.8 Å². The highest BCUT2D eigenvalue weighted by molar-refractivity contribution is 5.78. The number of carbonyl (C=O) groups is 1. The highest BCUT2D eigenvalue weighted by Gasteiger charge is 2.27. The standard InChI is InChI=1S/C16H32N2O2/c1-12(2)6-5-7-13(3)17-16(20)11-18-9-8-15(10-18)14(4)19/h12-15,19H,5-11H2,1-4H3,(H,17,20). The van der Waals surface area contributed by atoms with Crippen molar-refractivity contribution in [1.29, 1.82) is 0 Å². The normalized spacial score (nSPS) is 23.0. The minimum Gasteiger partial charge on any atom is -0.393 e. The molecule has 1 aliphatic heterocycles. The number of amides is 1. The van der Waals surface area contributed by atoms with E-state index in [0.29, 0.717) is 12.5 Å². The molecule has 0 aromatic heterocycles. The average molecular weight is 284 g/mol. The maximum atomic E-state index is 12.0. The Morgan fingerprint density at radius 2 is 2.00 bits per heavy atom. The Morgan fingerprint density at radius 3 is 2.55 bits per heavy atom. The number of carbonyl (C=O) groups excluding carboxylic acids is 1. The van der Waals surface area contributed by atoms with Crippen LogP contribution in [-0.2, 0) is 4.79 Å². The Hall–Kier alpha value is -0.610. The lowest BCUT2D eigenvalue weighted by Crippen LogP contribution is -2.40. The quantitative estimate of drug-likeness (QED) is 0.717. The van der Waals surface area contributed by atoms with Crippen LogP contribution in [0.4, 0.5) is 0 Å². The van der Waals surface area contributed by atoms with Crippen LogP contribution in [0.5, 0.6) is 0 Å². The molecule has 1 rings (SSSR count). The fourth-order valence-corrected chi connectivity index (χ4v) is 2.83. The minimum absolute atomic E-state index is 0.119. The van der Waals surface area contributed by atoms with E-state index in [1.165, 1.54) is 12.8 Å². The number of aliphatic hydroxyl groups excluding tert-OH is 1. The van der Waals surface area contributed by atoms with Gasteiger partial charge in [0.05, 0.1) is 12.6 Å². The zero-order valence-corrected chi connectivity index (χ0v) is 13.6. The lowest BCUT2D eigenvalue weighted by atomic mass is 10.0. The zero-order chi connectivity index (χ0) is 15.1. The van der Waals surface area contributed by atoms with Crippen LogP contribution in [-0.4, -0.2) is 47.7 Å². The summed E-state index contributed by atoms with van der Waals surface area (Å²) in [5.74, 6) is 1.18. The molecule has 0 saturated carbocycles. The van der Waals surface area contributed by atoms with Crippen LogP contribution in [0.2, 0.25) is 0 Å². The van der Waals surface area contributed by atoms with Crippen molar-refractivity contribution in [1.82, 2.24) is 10.2 Å². The predicted octanol–water partition coefficient (Wildman–Crippen LogP) is 2.02. The van der Waals surface area contributed by atoms with E-state index in [2.05, 4.69) is 31.0 Å². The van der Waals surface area contributed by atoms with Gasteiger partial charge in [-0.2, -0.15) is 0 Å². The first kappa shape index (κ1) is 17.4. The van der Waals surface area contributed by atoms with Crippen LogP contribution < -0.4 is 5.32 Å². The van der Waals surface area contributed by atoms with Crippen molar-refractivity contribution in [2.45, 2.75) is 65.5 Å². The molecule has 4 heteroatoms. The van der Waals surface area contributed by atoms with Gasteiger partial charge < -0.3 is 10.4 Å². The summed E-state index contributed by atoms with van der Waals surface area (Å²) in [6, 6.07) is 0.261. The number of nitrogens with one attached hydrogen (secondary N) is 1. The summed E-state index contributed by atoms with van der Waals surface area (Å²) in [4.78, 5) is 14.1. The van der Waals surface area contributed by atoms with Crippen LogP contribution in [0.3, 0.4) is 0 Å². The van der Waals surface area contributed by atoms with E-state index >= 15 is 0 Å². The van der Waals surface area contributed by atoms with Crippen LogP contribution in [0.25, 0.3) is 0 Å². The Balaban J connectivity index is 2.17. The SMILES string of the molecule is CC(C)CCCC(C)NC(=O)CN1CCC(C(C)O)C1. The van der Waals surface area contributed by atoms with Gasteiger partial charge >= 0.3 is 0 Å². The summed E-state index contributed by atoms with van der Waals surface area (Å²) in [5.41, 5.74) is 0. The molecule has 118 valence electrons. The van der Waals surface area contributed by atoms with Gasteiger partial charge in [0.15, 0.2) is 0 Å². The molecule has 20 heavy (non-hydrogen) atoms. The van der Waals surface area contributed by atoms with Crippen LogP contribution in [0.15, 0.2) is 0 Å². The number of likely N-dealkylation sites (tertiary alicyclic amines) is 1. The molecule has 1 saturated heterocycles. The number of hydrogen-bond donors (Lipinski definition) is 2. The van der Waals surface area contributed by atoms with Crippen LogP contribution in [0.1, 0.15) is 53.4 Å². The van der Waals surface area contributed by atoms with Crippen molar-refractivity contribution in [2.24, 2.45) is 11.8 Å². The highest BCUT2D eigenvalue weighted by Crippen LogP contribution is 2.19. The van der Waals surface area contributed by atoms with Gasteiger partial charge in [-0.1, -0.05) is 26.7 Å². The van der Waals surface area contributed by atoms with Gasteiger partial charge in [0, 0.05) is 12.6 Å². The Morgan fingerprint density at radius 1 is 1.30 bits per heavy atom. The lowest BCUT2D eigenvalue weighted by Gasteiger charge is -2.19. The van der Waals surface area contributed by atoms with Gasteiger partial charge in [-0.25, -0.2) is 0 Å². The molecular weight excluding hydrogens is 252 g/mol. The van der Waals surface area contributed by atoms with Crippen molar-refractivity contribution >= 4 is 5.91 Å². The van der Waals surface area contributed by atoms with Gasteiger partial charge in [0.25, 0.3) is 0 Å². The van der Waals surface area contributed by atoms with E-state index in [-0.39, 0.29) is 18.1 Å². The topological polar surface area (TPSA) is 52.6 Å². The van der Waals surface area contributed by atoms with Gasteiger partial charge in [0.2, 0.25) is 5.91 Å². The van der Waals surface area contributed by atoms with E-state index in [0.717, 1.165) is 31.8 Å². The third-order valence-corrected chi connectivity index (χ3v) is 4.18. The molecule has 3 unspecified atom stereocenters. The van der Waals surface area contributed by atoms with Gasteiger partial charge in [0.1, 0.15) is 0 Å². The minimum atomic E-state index is -0.266. The molecule has 2 N–H and O–H groups in total. The van der Waals surface area contributed by atoms with Crippen molar-refractivity contribution in [2.75, 3.05) is 19.6 Å². The molecule has 0 aliphatic carbocycles. The Bertz CT molecular complexity index is 292. The monoisotopic (exact) mass is 284 g/mol. The third-order valence-electron chi connectivity index (χ3n) is 4.18. The first-order chi connectivity index (χ1) is 9.38. The molecule has 1 fully saturated rings. The van der Waals surface area contributed by atoms with Gasteiger partial charge in [-0.05, 0) is 45.1 Å². The molecule has 3 atom stereocenters. The molecule has 0 bridgehead atoms. The van der Waals surface area contributed by atoms with Crippen molar-refractivity contribution < 1.29 is 9.90 Å². The van der Waals surface area contributed by atoms with E-state index in [1.807, 2.05) is 6.92 Å². The number of hydrogen-bond acceptors (Lipinski definition) is 3. The first-order valence-electron chi connectivity index (χ1n) is 8.08. The maximum Gasteiger partial charge on any atom is 0.234 e. The molecule has 1 amide bonds. The van der Waals surface area contributed by atoms with E-state index < -0.39 is 0 Å². The summed E-state index contributed by atoms with van der Waals surface area (Å²) in [7, 11) is 0. The summed E-state index contributed by atoms with van der Waals surface area (Å²) >= 11 is 0. The molecule has 4 nitrogen and oxygen atoms in total. The fourth-order valence-electron chi connectivity index (χ4n) is 2.83. The zero-order valence-electron chi connectivity index (χ0n) is 13.6. The summed E-state index contributed by atoms with van der Waals surface area (Å²) in [6.07, 6.45) is 4.18. The molecule has 1 heterocycles. The van der Waals surface area contributed by atoms with Crippen molar-refractivity contribution in [3.63, 3.8) is 0 Å². The largest absolute Gasteiger partial charge is 0.393 e. The molecule has 0 aromatic rings. The predicted molar refractivity (Wildman–Crippen MR) is 82.5 cm³/mol. The van der Waals surface area contributed by atoms with E-state index in [9.17, 15) is 9.90 Å². The fraction of sp³-hybridized carbons (Fsp3) is 0.938. The molecule has 0 spiro atoms. The van der Waals surface area contributed by atoms with Gasteiger partial charge in [-0.3, -0.25) is 9.69 Å². The number of aliphatic hydroxyl groups is 1. The second-order valence-corrected chi connectivity index (χ2v) is 6.82. The van der Waals surface area contributed by atoms with E-state index in [4.69, 9.17) is 0 Å². The lowest BCUT2D eigenvalue weighted by molar-refractivity contribution is -0.122. The van der Waals surface area contributed by atoms with Crippen molar-refractivity contribution in [3.05, 3.63) is 0 Å². The second-order valence-electron chi connectivity index (χ2n) is 6.82. The Kier molecular flexibility index (Phi) is 7.52. The van der Waals surface area contributed by atoms with Crippen molar-refractivity contribution in [3.8, 4) is 0 Å². The molecule has 1 aliphatic rings. The van der Waals surface area contributed by atoms with Gasteiger partial charge in [-0.15, -0.1) is 0 Å². The van der Waals surface area contributed by atoms with Crippen LogP contribution >= 0.6 is 0 Å². The number of rotatable bonds is 8. The summed E-state index contributed by atoms with van der Waals surface area (Å²) < 4.78 is 0. The molecular formula is C16H32N2O2. The maximum absolute atomic E-state index is 12.0. The average Bonchev–Trinajstić information content (AvgIpc) is 2.76. The highest BCUT2D eigenvalue weighted by atomic mass is 16.3. The Labute approximate surface area is 123 Å². The molecule has 0 aromatic carbocycles. The van der Waals surface area contributed by atoms with E-state index in [1.54, 1.807) is 0 Å². The third kappa shape index (κ3) is 6.71. The summed E-state index contributed by atoms with van der Waals surface area (Å²) in [6.45, 7) is 10.6.